The van der Waals surface area contributed by atoms with Crippen LogP contribution < -0.4 is 10.5 Å². The number of hydrogen-bond donors (Lipinski definition) is 2. The van der Waals surface area contributed by atoms with Crippen LogP contribution in [0.4, 0.5) is 10.1 Å². The van der Waals surface area contributed by atoms with Crippen LogP contribution in [0.3, 0.4) is 0 Å². The molecule has 0 radical (unpaired) electrons. The van der Waals surface area contributed by atoms with Crippen LogP contribution in [0.15, 0.2) is 23.1 Å². The summed E-state index contributed by atoms with van der Waals surface area (Å²) < 4.78 is 57.0. The van der Waals surface area contributed by atoms with Crippen LogP contribution in [0.25, 0.3) is 0 Å². The Morgan fingerprint density at radius 1 is 1.32 bits per heavy atom. The third kappa shape index (κ3) is 4.93. The molecule has 1 aromatic rings. The van der Waals surface area contributed by atoms with Gasteiger partial charge in [0.15, 0.2) is 9.84 Å². The molecule has 1 aromatic carbocycles. The molecule has 0 heterocycles. The highest BCUT2D eigenvalue weighted by Crippen LogP contribution is 2.17. The van der Waals surface area contributed by atoms with Crippen molar-refractivity contribution in [3.63, 3.8) is 0 Å². The van der Waals surface area contributed by atoms with Gasteiger partial charge in [0.2, 0.25) is 15.9 Å². The van der Waals surface area contributed by atoms with Crippen molar-refractivity contribution in [1.82, 2.24) is 0 Å². The highest BCUT2D eigenvalue weighted by Gasteiger charge is 2.16. The number of rotatable bonds is 4. The fraction of sp³-hybridized carbons (Fsp3) is 0.222. The van der Waals surface area contributed by atoms with Crippen molar-refractivity contribution in [1.29, 1.82) is 0 Å². The van der Waals surface area contributed by atoms with Crippen molar-refractivity contribution >= 4 is 31.5 Å². The molecule has 0 aliphatic carbocycles. The maximum absolute atomic E-state index is 13.4. The summed E-state index contributed by atoms with van der Waals surface area (Å²) >= 11 is 0. The average molecular weight is 310 g/mol. The number of carbonyl (C=O) groups is 1. The first kappa shape index (κ1) is 15.5. The second kappa shape index (κ2) is 5.23. The third-order valence-electron chi connectivity index (χ3n) is 1.92. The van der Waals surface area contributed by atoms with Crippen molar-refractivity contribution < 1.29 is 26.0 Å². The largest absolute Gasteiger partial charge is 0.325 e. The van der Waals surface area contributed by atoms with Gasteiger partial charge in [-0.2, -0.15) is 0 Å². The zero-order chi connectivity index (χ0) is 14.8. The van der Waals surface area contributed by atoms with E-state index in [4.69, 9.17) is 5.14 Å². The van der Waals surface area contributed by atoms with Gasteiger partial charge in [-0.1, -0.05) is 0 Å². The summed E-state index contributed by atoms with van der Waals surface area (Å²) in [5, 5.41) is 6.88. The fourth-order valence-electron chi connectivity index (χ4n) is 1.24. The first-order chi connectivity index (χ1) is 8.49. The normalized spacial score (nSPS) is 12.2. The van der Waals surface area contributed by atoms with E-state index < -0.39 is 42.2 Å². The van der Waals surface area contributed by atoms with Gasteiger partial charge in [0.25, 0.3) is 0 Å². The molecule has 0 aliphatic heterocycles. The number of carbonyl (C=O) groups excluding carboxylic acids is 1. The second-order valence-corrected chi connectivity index (χ2v) is 7.48. The van der Waals surface area contributed by atoms with Crippen molar-refractivity contribution in [3.8, 4) is 0 Å². The van der Waals surface area contributed by atoms with Gasteiger partial charge in [-0.05, 0) is 18.2 Å². The Balaban J connectivity index is 2.95. The van der Waals surface area contributed by atoms with E-state index in [0.29, 0.717) is 0 Å². The fourth-order valence-corrected chi connectivity index (χ4v) is 2.38. The van der Waals surface area contributed by atoms with Gasteiger partial charge < -0.3 is 5.32 Å². The molecule has 0 aliphatic rings. The number of primary sulfonamides is 1. The Labute approximate surface area is 109 Å². The van der Waals surface area contributed by atoms with E-state index in [2.05, 4.69) is 5.32 Å². The number of sulfonamides is 1. The summed E-state index contributed by atoms with van der Waals surface area (Å²) in [4.78, 5) is 10.6. The number of anilines is 1. The minimum absolute atomic E-state index is 0.0708. The summed E-state index contributed by atoms with van der Waals surface area (Å²) in [6.45, 7) is 0. The van der Waals surface area contributed by atoms with Crippen molar-refractivity contribution in [2.75, 3.05) is 17.3 Å². The summed E-state index contributed by atoms with van der Waals surface area (Å²) in [7, 11) is -7.70. The molecule has 0 atom stereocenters. The Morgan fingerprint density at radius 2 is 1.89 bits per heavy atom. The third-order valence-corrected chi connectivity index (χ3v) is 3.65. The molecule has 7 nitrogen and oxygen atoms in total. The molecule has 1 amide bonds. The predicted molar refractivity (Wildman–Crippen MR) is 66.1 cm³/mol. The minimum atomic E-state index is -4.19. The van der Waals surface area contributed by atoms with E-state index in [0.717, 1.165) is 24.5 Å². The van der Waals surface area contributed by atoms with E-state index in [1.807, 2.05) is 0 Å². The van der Waals surface area contributed by atoms with Gasteiger partial charge in [0, 0.05) is 11.9 Å². The smallest absolute Gasteiger partial charge is 0.240 e. The molecule has 3 N–H and O–H groups in total. The van der Waals surface area contributed by atoms with Crippen LogP contribution in [0, 0.1) is 5.82 Å². The molecule has 0 aromatic heterocycles. The van der Waals surface area contributed by atoms with E-state index >= 15 is 0 Å². The van der Waals surface area contributed by atoms with Crippen LogP contribution in [-0.4, -0.2) is 34.8 Å². The Hall–Kier alpha value is -1.52. The van der Waals surface area contributed by atoms with Crippen molar-refractivity contribution in [2.24, 2.45) is 5.14 Å². The second-order valence-electron chi connectivity index (χ2n) is 3.81. The molecular weight excluding hydrogens is 299 g/mol. The average Bonchev–Trinajstić information content (AvgIpc) is 2.11. The molecule has 19 heavy (non-hydrogen) atoms. The number of nitrogens with one attached hydrogen (secondary N) is 1. The Morgan fingerprint density at radius 3 is 2.32 bits per heavy atom. The van der Waals surface area contributed by atoms with Gasteiger partial charge in [-0.25, -0.2) is 26.4 Å². The predicted octanol–water partition coefficient (Wildman–Crippen LogP) is -0.544. The quantitative estimate of drug-likeness (QED) is 0.772. The topological polar surface area (TPSA) is 123 Å². The number of amides is 1. The highest BCUT2D eigenvalue weighted by atomic mass is 32.2. The lowest BCUT2D eigenvalue weighted by Crippen LogP contribution is -2.22. The first-order valence-electron chi connectivity index (χ1n) is 4.79. The standard InChI is InChI=1S/C9H11FN2O5S2/c1-18(14,15)5-9(13)12-6-2-3-8(7(10)4-6)19(11,16)17/h2-4H,5H2,1H3,(H,12,13)(H2,11,16,17). The summed E-state index contributed by atoms with van der Waals surface area (Å²) in [6.07, 6.45) is 0.872. The lowest BCUT2D eigenvalue weighted by Gasteiger charge is -2.06. The monoisotopic (exact) mass is 310 g/mol. The molecule has 0 saturated heterocycles. The maximum atomic E-state index is 13.4. The zero-order valence-electron chi connectivity index (χ0n) is 9.75. The van der Waals surface area contributed by atoms with E-state index in [1.165, 1.54) is 0 Å². The number of hydrogen-bond acceptors (Lipinski definition) is 5. The summed E-state index contributed by atoms with van der Waals surface area (Å²) in [5.41, 5.74) is -0.0708. The molecular formula is C9H11FN2O5S2. The van der Waals surface area contributed by atoms with E-state index in [1.54, 1.807) is 0 Å². The molecule has 10 heteroatoms. The van der Waals surface area contributed by atoms with Crippen LogP contribution in [0.5, 0.6) is 0 Å². The van der Waals surface area contributed by atoms with Gasteiger partial charge in [0.1, 0.15) is 16.5 Å². The number of halogens is 1. The van der Waals surface area contributed by atoms with Crippen LogP contribution in [0.1, 0.15) is 0 Å². The van der Waals surface area contributed by atoms with Crippen molar-refractivity contribution in [3.05, 3.63) is 24.0 Å². The number of nitrogens with two attached hydrogens (primary N) is 1. The Kier molecular flexibility index (Phi) is 4.28. The number of benzene rings is 1. The van der Waals surface area contributed by atoms with Crippen LogP contribution in [0.2, 0.25) is 0 Å². The molecule has 106 valence electrons. The van der Waals surface area contributed by atoms with Gasteiger partial charge >= 0.3 is 0 Å². The SMILES string of the molecule is CS(=O)(=O)CC(=O)Nc1ccc(S(N)(=O)=O)c(F)c1. The molecule has 0 fully saturated rings. The zero-order valence-corrected chi connectivity index (χ0v) is 11.4. The molecule has 0 spiro atoms. The molecule has 0 unspecified atom stereocenters. The highest BCUT2D eigenvalue weighted by molar-refractivity contribution is 7.91. The Bertz CT molecular complexity index is 712. The molecule has 1 rings (SSSR count). The summed E-state index contributed by atoms with van der Waals surface area (Å²) in [6, 6.07) is 2.71. The van der Waals surface area contributed by atoms with Crippen LogP contribution in [-0.2, 0) is 24.7 Å². The minimum Gasteiger partial charge on any atom is -0.325 e. The van der Waals surface area contributed by atoms with Gasteiger partial charge in [-0.15, -0.1) is 0 Å². The van der Waals surface area contributed by atoms with Gasteiger partial charge in [-0.3, -0.25) is 4.79 Å². The molecule has 0 saturated carbocycles. The number of sulfone groups is 1. The van der Waals surface area contributed by atoms with Crippen molar-refractivity contribution in [2.45, 2.75) is 4.90 Å². The van der Waals surface area contributed by atoms with Crippen LogP contribution >= 0.6 is 0 Å². The summed E-state index contributed by atoms with van der Waals surface area (Å²) in [5.74, 6) is -2.75. The van der Waals surface area contributed by atoms with Gasteiger partial charge in [0.05, 0.1) is 0 Å². The lowest BCUT2D eigenvalue weighted by molar-refractivity contribution is -0.113. The first-order valence-corrected chi connectivity index (χ1v) is 8.39. The maximum Gasteiger partial charge on any atom is 0.240 e. The molecule has 0 bridgehead atoms. The van der Waals surface area contributed by atoms with E-state index in [9.17, 15) is 26.0 Å². The van der Waals surface area contributed by atoms with E-state index in [-0.39, 0.29) is 5.69 Å². The lowest BCUT2D eigenvalue weighted by atomic mass is 10.3.